The zero-order chi connectivity index (χ0) is 11.7. The van der Waals surface area contributed by atoms with Gasteiger partial charge in [-0.3, -0.25) is 9.89 Å². The van der Waals surface area contributed by atoms with Crippen LogP contribution in [0.25, 0.3) is 0 Å². The molecule has 0 saturated carbocycles. The van der Waals surface area contributed by atoms with Gasteiger partial charge in [0.1, 0.15) is 0 Å². The molecule has 2 aromatic rings. The van der Waals surface area contributed by atoms with E-state index in [0.29, 0.717) is 11.6 Å². The minimum absolute atomic E-state index is 0.0254. The van der Waals surface area contributed by atoms with E-state index in [-0.39, 0.29) is 5.56 Å². The van der Waals surface area contributed by atoms with Gasteiger partial charge in [-0.2, -0.15) is 0 Å². The number of hydrogen-bond donors (Lipinski definition) is 1. The molecule has 0 saturated heterocycles. The van der Waals surface area contributed by atoms with Gasteiger partial charge < -0.3 is 0 Å². The summed E-state index contributed by atoms with van der Waals surface area (Å²) in [4.78, 5) is 11.8. The van der Waals surface area contributed by atoms with Gasteiger partial charge in [-0.1, -0.05) is 23.7 Å². The summed E-state index contributed by atoms with van der Waals surface area (Å²) in [5.74, 6) is 0. The minimum Gasteiger partial charge on any atom is -0.299 e. The number of aromatic nitrogens is 2. The Hall–Kier alpha value is -1.48. The Labute approximate surface area is 98.7 Å². The summed E-state index contributed by atoms with van der Waals surface area (Å²) in [6, 6.07) is 7.51. The maximum atomic E-state index is 11.8. The van der Waals surface area contributed by atoms with Gasteiger partial charge >= 0.3 is 0 Å². The third kappa shape index (κ3) is 2.04. The van der Waals surface area contributed by atoms with Crippen molar-refractivity contribution in [2.45, 2.75) is 20.4 Å². The minimum atomic E-state index is 0.0254. The summed E-state index contributed by atoms with van der Waals surface area (Å²) in [5.41, 5.74) is 2.71. The standard InChI is InChI=1S/C12H13ClN2O/c1-8-9(2)14-15(12(8)16)7-10-4-3-5-11(13)6-10/h3-6,14H,7H2,1-2H3. The number of H-pyrrole nitrogens is 1. The first-order chi connectivity index (χ1) is 7.58. The van der Waals surface area contributed by atoms with Crippen LogP contribution in [0.3, 0.4) is 0 Å². The van der Waals surface area contributed by atoms with Crippen LogP contribution in [-0.2, 0) is 6.54 Å². The first kappa shape index (κ1) is 11.0. The number of aryl methyl sites for hydroxylation is 1. The number of hydrogen-bond acceptors (Lipinski definition) is 1. The second-order valence-corrected chi connectivity index (χ2v) is 4.32. The number of nitrogens with one attached hydrogen (secondary N) is 1. The van der Waals surface area contributed by atoms with E-state index in [2.05, 4.69) is 5.10 Å². The Bertz CT molecular complexity index is 569. The molecule has 2 rings (SSSR count). The fourth-order valence-electron chi connectivity index (χ4n) is 1.63. The smallest absolute Gasteiger partial charge is 0.269 e. The van der Waals surface area contributed by atoms with E-state index >= 15 is 0 Å². The van der Waals surface area contributed by atoms with E-state index in [1.165, 1.54) is 0 Å². The van der Waals surface area contributed by atoms with E-state index in [4.69, 9.17) is 11.6 Å². The average Bonchev–Trinajstić information content (AvgIpc) is 2.47. The molecule has 0 radical (unpaired) electrons. The number of aromatic amines is 1. The second-order valence-electron chi connectivity index (χ2n) is 3.88. The molecule has 0 amide bonds. The molecule has 1 aromatic carbocycles. The zero-order valence-corrected chi connectivity index (χ0v) is 10.0. The Morgan fingerprint density at radius 2 is 2.12 bits per heavy atom. The van der Waals surface area contributed by atoms with Gasteiger partial charge in [0.25, 0.3) is 5.56 Å². The average molecular weight is 237 g/mol. The Morgan fingerprint density at radius 1 is 1.38 bits per heavy atom. The lowest BCUT2D eigenvalue weighted by atomic mass is 10.2. The third-order valence-corrected chi connectivity index (χ3v) is 2.90. The molecule has 1 heterocycles. The van der Waals surface area contributed by atoms with Gasteiger partial charge in [-0.25, -0.2) is 4.68 Å². The normalized spacial score (nSPS) is 10.7. The van der Waals surface area contributed by atoms with Crippen molar-refractivity contribution in [3.63, 3.8) is 0 Å². The Kier molecular flexibility index (Phi) is 2.88. The zero-order valence-electron chi connectivity index (χ0n) is 9.25. The first-order valence-corrected chi connectivity index (χ1v) is 5.46. The van der Waals surface area contributed by atoms with Crippen molar-refractivity contribution in [3.8, 4) is 0 Å². The summed E-state index contributed by atoms with van der Waals surface area (Å²) in [6.45, 7) is 4.24. The van der Waals surface area contributed by atoms with Gasteiger partial charge in [0, 0.05) is 16.3 Å². The van der Waals surface area contributed by atoms with Crippen molar-refractivity contribution < 1.29 is 0 Å². The SMILES string of the molecule is Cc1[nH]n(Cc2cccc(Cl)c2)c(=O)c1C. The van der Waals surface area contributed by atoms with Crippen LogP contribution in [0.4, 0.5) is 0 Å². The molecule has 0 aliphatic heterocycles. The molecule has 0 atom stereocenters. The summed E-state index contributed by atoms with van der Waals surface area (Å²) >= 11 is 5.89. The van der Waals surface area contributed by atoms with Crippen LogP contribution < -0.4 is 5.56 Å². The monoisotopic (exact) mass is 236 g/mol. The molecule has 0 bridgehead atoms. The van der Waals surface area contributed by atoms with Crippen LogP contribution in [0.5, 0.6) is 0 Å². The third-order valence-electron chi connectivity index (χ3n) is 2.66. The van der Waals surface area contributed by atoms with Crippen molar-refractivity contribution in [2.75, 3.05) is 0 Å². The van der Waals surface area contributed by atoms with E-state index in [0.717, 1.165) is 16.8 Å². The lowest BCUT2D eigenvalue weighted by Crippen LogP contribution is -2.18. The second kappa shape index (κ2) is 4.18. The first-order valence-electron chi connectivity index (χ1n) is 5.08. The highest BCUT2D eigenvalue weighted by Crippen LogP contribution is 2.11. The van der Waals surface area contributed by atoms with Crippen LogP contribution in [0.15, 0.2) is 29.1 Å². The molecule has 0 aliphatic carbocycles. The summed E-state index contributed by atoms with van der Waals surface area (Å²) < 4.78 is 1.59. The maximum Gasteiger partial charge on any atom is 0.269 e. The fourth-order valence-corrected chi connectivity index (χ4v) is 1.84. The number of halogens is 1. The van der Waals surface area contributed by atoms with E-state index in [1.807, 2.05) is 38.1 Å². The van der Waals surface area contributed by atoms with Crippen LogP contribution in [0, 0.1) is 13.8 Å². The fraction of sp³-hybridized carbons (Fsp3) is 0.250. The quantitative estimate of drug-likeness (QED) is 0.855. The van der Waals surface area contributed by atoms with Crippen LogP contribution >= 0.6 is 11.6 Å². The molecule has 1 aromatic heterocycles. The molecule has 84 valence electrons. The summed E-state index contributed by atoms with van der Waals surface area (Å²) in [5, 5.41) is 3.73. The predicted octanol–water partition coefficient (Wildman–Crippen LogP) is 2.49. The highest BCUT2D eigenvalue weighted by atomic mass is 35.5. The molecule has 0 unspecified atom stereocenters. The largest absolute Gasteiger partial charge is 0.299 e. The number of rotatable bonds is 2. The van der Waals surface area contributed by atoms with Gasteiger partial charge in [-0.05, 0) is 31.5 Å². The van der Waals surface area contributed by atoms with E-state index in [9.17, 15) is 4.79 Å². The van der Waals surface area contributed by atoms with Crippen molar-refractivity contribution >= 4 is 11.6 Å². The van der Waals surface area contributed by atoms with E-state index in [1.54, 1.807) is 4.68 Å². The molecule has 0 fully saturated rings. The lowest BCUT2D eigenvalue weighted by molar-refractivity contribution is 0.657. The molecule has 0 spiro atoms. The van der Waals surface area contributed by atoms with Crippen molar-refractivity contribution in [1.82, 2.24) is 9.78 Å². The molecule has 0 aliphatic rings. The predicted molar refractivity (Wildman–Crippen MR) is 65.1 cm³/mol. The molecular weight excluding hydrogens is 224 g/mol. The maximum absolute atomic E-state index is 11.8. The molecule has 1 N–H and O–H groups in total. The molecule has 3 nitrogen and oxygen atoms in total. The van der Waals surface area contributed by atoms with Gasteiger partial charge in [-0.15, -0.1) is 0 Å². The Morgan fingerprint density at radius 3 is 2.69 bits per heavy atom. The van der Waals surface area contributed by atoms with Crippen molar-refractivity contribution in [1.29, 1.82) is 0 Å². The molecule has 4 heteroatoms. The highest BCUT2D eigenvalue weighted by Gasteiger charge is 2.06. The van der Waals surface area contributed by atoms with E-state index < -0.39 is 0 Å². The van der Waals surface area contributed by atoms with Crippen LogP contribution in [0.2, 0.25) is 5.02 Å². The lowest BCUT2D eigenvalue weighted by Gasteiger charge is -2.02. The summed E-state index contributed by atoms with van der Waals surface area (Å²) in [7, 11) is 0. The number of benzene rings is 1. The van der Waals surface area contributed by atoms with Crippen LogP contribution in [-0.4, -0.2) is 9.78 Å². The summed E-state index contributed by atoms with van der Waals surface area (Å²) in [6.07, 6.45) is 0. The van der Waals surface area contributed by atoms with Crippen molar-refractivity contribution in [3.05, 3.63) is 56.5 Å². The van der Waals surface area contributed by atoms with Gasteiger partial charge in [0.15, 0.2) is 0 Å². The van der Waals surface area contributed by atoms with Gasteiger partial charge in [0.2, 0.25) is 0 Å². The van der Waals surface area contributed by atoms with Crippen LogP contribution in [0.1, 0.15) is 16.8 Å². The highest BCUT2D eigenvalue weighted by molar-refractivity contribution is 6.30. The Balaban J connectivity index is 2.34. The molecule has 16 heavy (non-hydrogen) atoms. The molecular formula is C12H13ClN2O. The topological polar surface area (TPSA) is 37.8 Å². The van der Waals surface area contributed by atoms with Crippen molar-refractivity contribution in [2.24, 2.45) is 0 Å². The van der Waals surface area contributed by atoms with Gasteiger partial charge in [0.05, 0.1) is 6.54 Å². The number of nitrogens with zero attached hydrogens (tertiary/aromatic N) is 1.